The van der Waals surface area contributed by atoms with Crippen LogP contribution in [0.5, 0.6) is 0 Å². The van der Waals surface area contributed by atoms with E-state index in [1.54, 1.807) is 0 Å². The standard InChI is InChI=1S/C17H25FN4O4S/c1-13(2)20-16(23)11-19-17(24)12-21-7-9-22(10-8-21)27(25,26)15-5-3-14(18)4-6-15/h3-6,13H,7-12H2,1-2H3,(H,19,24)(H,20,23). The van der Waals surface area contributed by atoms with Crippen LogP contribution in [-0.2, 0) is 19.6 Å². The van der Waals surface area contributed by atoms with Gasteiger partial charge in [0, 0.05) is 32.2 Å². The fourth-order valence-corrected chi connectivity index (χ4v) is 4.12. The van der Waals surface area contributed by atoms with Crippen molar-refractivity contribution in [3.8, 4) is 0 Å². The highest BCUT2D eigenvalue weighted by atomic mass is 32.2. The van der Waals surface area contributed by atoms with Crippen molar-refractivity contribution in [2.24, 2.45) is 0 Å². The molecule has 0 bridgehead atoms. The Kier molecular flexibility index (Phi) is 7.28. The maximum Gasteiger partial charge on any atom is 0.243 e. The number of halogens is 1. The van der Waals surface area contributed by atoms with Gasteiger partial charge in [-0.25, -0.2) is 12.8 Å². The third-order valence-corrected chi connectivity index (χ3v) is 5.96. The molecule has 1 aliphatic heterocycles. The van der Waals surface area contributed by atoms with Gasteiger partial charge in [0.25, 0.3) is 0 Å². The zero-order chi connectivity index (χ0) is 20.0. The predicted molar refractivity (Wildman–Crippen MR) is 97.9 cm³/mol. The van der Waals surface area contributed by atoms with Crippen molar-refractivity contribution in [3.63, 3.8) is 0 Å². The number of piperazine rings is 1. The minimum atomic E-state index is -3.68. The third-order valence-electron chi connectivity index (χ3n) is 4.05. The van der Waals surface area contributed by atoms with Gasteiger partial charge in [-0.1, -0.05) is 0 Å². The first kappa shape index (κ1) is 21.3. The molecule has 1 fully saturated rings. The van der Waals surface area contributed by atoms with Crippen LogP contribution < -0.4 is 10.6 Å². The second-order valence-corrected chi connectivity index (χ2v) is 8.57. The third kappa shape index (κ3) is 6.26. The highest BCUT2D eigenvalue weighted by Gasteiger charge is 2.29. The molecule has 2 amide bonds. The molecule has 0 saturated carbocycles. The molecule has 27 heavy (non-hydrogen) atoms. The Morgan fingerprint density at radius 1 is 1.07 bits per heavy atom. The molecular formula is C17H25FN4O4S. The summed E-state index contributed by atoms with van der Waals surface area (Å²) in [7, 11) is -3.68. The lowest BCUT2D eigenvalue weighted by molar-refractivity contribution is -0.127. The first-order valence-electron chi connectivity index (χ1n) is 8.72. The normalized spacial score (nSPS) is 16.3. The van der Waals surface area contributed by atoms with Crippen LogP contribution in [0, 0.1) is 5.82 Å². The maximum atomic E-state index is 13.0. The summed E-state index contributed by atoms with van der Waals surface area (Å²) >= 11 is 0. The summed E-state index contributed by atoms with van der Waals surface area (Å²) in [5.74, 6) is -1.04. The van der Waals surface area contributed by atoms with Crippen LogP contribution in [0.15, 0.2) is 29.2 Å². The molecule has 0 atom stereocenters. The first-order chi connectivity index (χ1) is 12.7. The molecule has 1 aromatic carbocycles. The van der Waals surface area contributed by atoms with E-state index in [1.165, 1.54) is 16.4 Å². The number of amides is 2. The molecular weight excluding hydrogens is 375 g/mol. The number of rotatable bonds is 7. The average Bonchev–Trinajstić information content (AvgIpc) is 2.60. The molecule has 8 nitrogen and oxygen atoms in total. The smallest absolute Gasteiger partial charge is 0.243 e. The minimum Gasteiger partial charge on any atom is -0.352 e. The summed E-state index contributed by atoms with van der Waals surface area (Å²) in [6.45, 7) is 4.94. The molecule has 0 unspecified atom stereocenters. The number of benzene rings is 1. The van der Waals surface area contributed by atoms with Gasteiger partial charge in [0.1, 0.15) is 5.82 Å². The fraction of sp³-hybridized carbons (Fsp3) is 0.529. The van der Waals surface area contributed by atoms with Crippen LogP contribution in [0.2, 0.25) is 0 Å². The van der Waals surface area contributed by atoms with E-state index in [4.69, 9.17) is 0 Å². The summed E-state index contributed by atoms with van der Waals surface area (Å²) in [5.41, 5.74) is 0. The lowest BCUT2D eigenvalue weighted by atomic mass is 10.3. The SMILES string of the molecule is CC(C)NC(=O)CNC(=O)CN1CCN(S(=O)(=O)c2ccc(F)cc2)CC1. The molecule has 10 heteroatoms. The molecule has 1 aromatic rings. The number of hydrogen-bond donors (Lipinski definition) is 2. The van der Waals surface area contributed by atoms with Gasteiger partial charge < -0.3 is 10.6 Å². The van der Waals surface area contributed by atoms with Crippen LogP contribution in [0.3, 0.4) is 0 Å². The van der Waals surface area contributed by atoms with Crippen LogP contribution in [0.1, 0.15) is 13.8 Å². The van der Waals surface area contributed by atoms with E-state index in [9.17, 15) is 22.4 Å². The second kappa shape index (κ2) is 9.25. The first-order valence-corrected chi connectivity index (χ1v) is 10.2. The fourth-order valence-electron chi connectivity index (χ4n) is 2.69. The summed E-state index contributed by atoms with van der Waals surface area (Å²) in [6.07, 6.45) is 0. The van der Waals surface area contributed by atoms with Crippen molar-refractivity contribution in [3.05, 3.63) is 30.1 Å². The quantitative estimate of drug-likeness (QED) is 0.659. The average molecular weight is 400 g/mol. The molecule has 0 aliphatic carbocycles. The summed E-state index contributed by atoms with van der Waals surface area (Å²) in [4.78, 5) is 25.3. The number of carbonyl (C=O) groups is 2. The van der Waals surface area contributed by atoms with Gasteiger partial charge in [-0.15, -0.1) is 0 Å². The van der Waals surface area contributed by atoms with Gasteiger partial charge in [0.2, 0.25) is 21.8 Å². The Hall–Kier alpha value is -2.04. The Labute approximate surface area is 158 Å². The van der Waals surface area contributed by atoms with Crippen molar-refractivity contribution in [1.29, 1.82) is 0 Å². The molecule has 1 saturated heterocycles. The lowest BCUT2D eigenvalue weighted by Gasteiger charge is -2.33. The Morgan fingerprint density at radius 3 is 2.22 bits per heavy atom. The van der Waals surface area contributed by atoms with E-state index in [1.807, 2.05) is 18.7 Å². The van der Waals surface area contributed by atoms with Crippen LogP contribution >= 0.6 is 0 Å². The zero-order valence-electron chi connectivity index (χ0n) is 15.4. The van der Waals surface area contributed by atoms with Gasteiger partial charge in [-0.2, -0.15) is 4.31 Å². The van der Waals surface area contributed by atoms with E-state index in [0.717, 1.165) is 12.1 Å². The molecule has 0 radical (unpaired) electrons. The van der Waals surface area contributed by atoms with Crippen LogP contribution in [0.25, 0.3) is 0 Å². The Bertz CT molecular complexity index is 760. The van der Waals surface area contributed by atoms with E-state index >= 15 is 0 Å². The van der Waals surface area contributed by atoms with Crippen molar-refractivity contribution in [1.82, 2.24) is 19.8 Å². The zero-order valence-corrected chi connectivity index (χ0v) is 16.3. The molecule has 150 valence electrons. The van der Waals surface area contributed by atoms with E-state index < -0.39 is 15.8 Å². The van der Waals surface area contributed by atoms with Gasteiger partial charge >= 0.3 is 0 Å². The topological polar surface area (TPSA) is 98.8 Å². The molecule has 2 rings (SSSR count). The molecule has 0 spiro atoms. The van der Waals surface area contributed by atoms with Crippen molar-refractivity contribution in [2.45, 2.75) is 24.8 Å². The van der Waals surface area contributed by atoms with E-state index in [0.29, 0.717) is 13.1 Å². The number of hydrogen-bond acceptors (Lipinski definition) is 5. The van der Waals surface area contributed by atoms with Gasteiger partial charge in [0.05, 0.1) is 18.0 Å². The molecule has 1 heterocycles. The minimum absolute atomic E-state index is 0.00513. The summed E-state index contributed by atoms with van der Waals surface area (Å²) in [5, 5.41) is 5.23. The molecule has 0 aromatic heterocycles. The maximum absolute atomic E-state index is 13.0. The monoisotopic (exact) mass is 400 g/mol. The lowest BCUT2D eigenvalue weighted by Crippen LogP contribution is -2.51. The van der Waals surface area contributed by atoms with E-state index in [-0.39, 0.29) is 48.9 Å². The Morgan fingerprint density at radius 2 is 1.67 bits per heavy atom. The van der Waals surface area contributed by atoms with Crippen molar-refractivity contribution in [2.75, 3.05) is 39.3 Å². The summed E-state index contributed by atoms with van der Waals surface area (Å²) < 4.78 is 39.4. The molecule has 1 aliphatic rings. The number of nitrogens with one attached hydrogen (secondary N) is 2. The highest BCUT2D eigenvalue weighted by Crippen LogP contribution is 2.17. The van der Waals surface area contributed by atoms with Gasteiger partial charge in [0.15, 0.2) is 0 Å². The Balaban J connectivity index is 1.80. The number of sulfonamides is 1. The van der Waals surface area contributed by atoms with Crippen LogP contribution in [0.4, 0.5) is 4.39 Å². The van der Waals surface area contributed by atoms with Crippen molar-refractivity contribution >= 4 is 21.8 Å². The van der Waals surface area contributed by atoms with Crippen LogP contribution in [-0.4, -0.2) is 74.7 Å². The van der Waals surface area contributed by atoms with Gasteiger partial charge in [-0.3, -0.25) is 14.5 Å². The van der Waals surface area contributed by atoms with Gasteiger partial charge in [-0.05, 0) is 38.1 Å². The number of nitrogens with zero attached hydrogens (tertiary/aromatic N) is 2. The van der Waals surface area contributed by atoms with E-state index in [2.05, 4.69) is 10.6 Å². The van der Waals surface area contributed by atoms with Crippen molar-refractivity contribution < 1.29 is 22.4 Å². The highest BCUT2D eigenvalue weighted by molar-refractivity contribution is 7.89. The summed E-state index contributed by atoms with van der Waals surface area (Å²) in [6, 6.07) is 4.72. The molecule has 2 N–H and O–H groups in total. The number of carbonyl (C=O) groups excluding carboxylic acids is 2. The second-order valence-electron chi connectivity index (χ2n) is 6.63. The largest absolute Gasteiger partial charge is 0.352 e. The predicted octanol–water partition coefficient (Wildman–Crippen LogP) is -0.227.